The number of benzene rings is 2. The minimum Gasteiger partial charge on any atom is -0.310 e. The van der Waals surface area contributed by atoms with E-state index in [-0.39, 0.29) is 11.8 Å². The SMILES string of the molecule is CSc1ccc([C@H]2CC(=O)Nc3c2cnn3-c2ccc(C)cc2)cc1. The van der Waals surface area contributed by atoms with Gasteiger partial charge in [-0.15, -0.1) is 11.8 Å². The second-order valence-electron chi connectivity index (χ2n) is 6.27. The average Bonchev–Trinajstić information content (AvgIpc) is 3.05. The molecule has 1 atom stereocenters. The molecule has 3 aromatic rings. The monoisotopic (exact) mass is 349 g/mol. The second-order valence-corrected chi connectivity index (χ2v) is 7.15. The van der Waals surface area contributed by atoms with E-state index in [1.54, 1.807) is 11.8 Å². The van der Waals surface area contributed by atoms with Crippen LogP contribution in [0.4, 0.5) is 5.82 Å². The zero-order valence-electron chi connectivity index (χ0n) is 14.2. The van der Waals surface area contributed by atoms with Crippen molar-refractivity contribution in [1.82, 2.24) is 9.78 Å². The number of nitrogens with one attached hydrogen (secondary N) is 1. The maximum atomic E-state index is 12.3. The van der Waals surface area contributed by atoms with Gasteiger partial charge in [-0.2, -0.15) is 5.10 Å². The van der Waals surface area contributed by atoms with Gasteiger partial charge in [0.2, 0.25) is 5.91 Å². The molecule has 126 valence electrons. The topological polar surface area (TPSA) is 46.9 Å². The molecule has 25 heavy (non-hydrogen) atoms. The molecule has 5 heteroatoms. The molecule has 0 fully saturated rings. The molecule has 0 aliphatic carbocycles. The van der Waals surface area contributed by atoms with Gasteiger partial charge >= 0.3 is 0 Å². The van der Waals surface area contributed by atoms with E-state index >= 15 is 0 Å². The molecule has 1 amide bonds. The normalized spacial score (nSPS) is 16.4. The van der Waals surface area contributed by atoms with Gasteiger partial charge in [0.25, 0.3) is 0 Å². The number of hydrogen-bond donors (Lipinski definition) is 1. The summed E-state index contributed by atoms with van der Waals surface area (Å²) in [7, 11) is 0. The molecule has 1 aliphatic rings. The lowest BCUT2D eigenvalue weighted by Crippen LogP contribution is -2.24. The van der Waals surface area contributed by atoms with E-state index in [9.17, 15) is 4.79 Å². The summed E-state index contributed by atoms with van der Waals surface area (Å²) in [6.07, 6.45) is 4.39. The molecule has 0 radical (unpaired) electrons. The van der Waals surface area contributed by atoms with E-state index < -0.39 is 0 Å². The zero-order valence-corrected chi connectivity index (χ0v) is 15.0. The van der Waals surface area contributed by atoms with Gasteiger partial charge in [-0.3, -0.25) is 4.79 Å². The number of carbonyl (C=O) groups excluding carboxylic acids is 1. The Hall–Kier alpha value is -2.53. The minimum absolute atomic E-state index is 0.0281. The smallest absolute Gasteiger partial charge is 0.226 e. The van der Waals surface area contributed by atoms with Crippen LogP contribution >= 0.6 is 11.8 Å². The average molecular weight is 349 g/mol. The highest BCUT2D eigenvalue weighted by Gasteiger charge is 2.30. The number of hydrogen-bond acceptors (Lipinski definition) is 3. The molecule has 1 N–H and O–H groups in total. The van der Waals surface area contributed by atoms with Crippen LogP contribution in [-0.2, 0) is 4.79 Å². The second kappa shape index (κ2) is 6.41. The van der Waals surface area contributed by atoms with Gasteiger partial charge in [0.1, 0.15) is 5.82 Å². The summed E-state index contributed by atoms with van der Waals surface area (Å²) in [5.74, 6) is 0.846. The maximum absolute atomic E-state index is 12.3. The number of amides is 1. The third-order valence-electron chi connectivity index (χ3n) is 4.62. The first-order valence-corrected chi connectivity index (χ1v) is 9.47. The molecule has 0 saturated heterocycles. The fourth-order valence-corrected chi connectivity index (χ4v) is 3.64. The van der Waals surface area contributed by atoms with Crippen LogP contribution in [0.25, 0.3) is 5.69 Å². The van der Waals surface area contributed by atoms with Crippen LogP contribution in [0.5, 0.6) is 0 Å². The molecule has 1 aliphatic heterocycles. The predicted octanol–water partition coefficient (Wildman–Crippen LogP) is 4.38. The quantitative estimate of drug-likeness (QED) is 0.714. The Morgan fingerprint density at radius 3 is 2.52 bits per heavy atom. The number of nitrogens with zero attached hydrogens (tertiary/aromatic N) is 2. The molecule has 2 aromatic carbocycles. The van der Waals surface area contributed by atoms with Crippen LogP contribution in [0.15, 0.2) is 59.6 Å². The Kier molecular flexibility index (Phi) is 4.09. The summed E-state index contributed by atoms with van der Waals surface area (Å²) in [5.41, 5.74) is 4.36. The molecular formula is C20H19N3OS. The molecule has 4 rings (SSSR count). The highest BCUT2D eigenvalue weighted by atomic mass is 32.2. The fraction of sp³-hybridized carbons (Fsp3) is 0.200. The molecule has 0 bridgehead atoms. The summed E-state index contributed by atoms with van der Waals surface area (Å²) in [6, 6.07) is 16.6. The van der Waals surface area contributed by atoms with Crippen molar-refractivity contribution in [2.45, 2.75) is 24.2 Å². The number of fused-ring (bicyclic) bond motifs is 1. The first-order chi connectivity index (χ1) is 12.2. The van der Waals surface area contributed by atoms with Crippen molar-refractivity contribution in [2.75, 3.05) is 11.6 Å². The van der Waals surface area contributed by atoms with Crippen molar-refractivity contribution >= 4 is 23.5 Å². The van der Waals surface area contributed by atoms with Crippen molar-refractivity contribution in [1.29, 1.82) is 0 Å². The summed E-state index contributed by atoms with van der Waals surface area (Å²) in [5, 5.41) is 7.54. The molecule has 1 aromatic heterocycles. The first kappa shape index (κ1) is 16.0. The number of aryl methyl sites for hydroxylation is 1. The highest BCUT2D eigenvalue weighted by molar-refractivity contribution is 7.98. The third-order valence-corrected chi connectivity index (χ3v) is 5.36. The Labute approximate surface area is 151 Å². The number of anilines is 1. The van der Waals surface area contributed by atoms with E-state index in [4.69, 9.17) is 0 Å². The maximum Gasteiger partial charge on any atom is 0.226 e. The lowest BCUT2D eigenvalue weighted by atomic mass is 9.87. The summed E-state index contributed by atoms with van der Waals surface area (Å²) in [6.45, 7) is 2.05. The Bertz CT molecular complexity index is 913. The van der Waals surface area contributed by atoms with Crippen molar-refractivity contribution in [2.24, 2.45) is 0 Å². The zero-order chi connectivity index (χ0) is 17.4. The summed E-state index contributed by atoms with van der Waals surface area (Å²) < 4.78 is 1.81. The number of rotatable bonds is 3. The summed E-state index contributed by atoms with van der Waals surface area (Å²) >= 11 is 1.72. The van der Waals surface area contributed by atoms with E-state index in [1.807, 2.05) is 35.1 Å². The molecule has 4 nitrogen and oxygen atoms in total. The Morgan fingerprint density at radius 2 is 1.84 bits per heavy atom. The van der Waals surface area contributed by atoms with E-state index in [0.29, 0.717) is 6.42 Å². The van der Waals surface area contributed by atoms with Gasteiger partial charge in [0.05, 0.1) is 11.9 Å². The standard InChI is InChI=1S/C20H19N3OS/c1-13-3-7-15(8-4-13)23-20-18(12-21-23)17(11-19(24)22-20)14-5-9-16(25-2)10-6-14/h3-10,12,17H,11H2,1-2H3,(H,22,24)/t17-/m1/s1. The van der Waals surface area contributed by atoms with E-state index in [2.05, 4.69) is 47.9 Å². The van der Waals surface area contributed by atoms with Gasteiger partial charge in [-0.1, -0.05) is 29.8 Å². The number of carbonyl (C=O) groups is 1. The van der Waals surface area contributed by atoms with Crippen LogP contribution in [0.3, 0.4) is 0 Å². The molecule has 0 saturated carbocycles. The minimum atomic E-state index is 0.0281. The number of aromatic nitrogens is 2. The third kappa shape index (κ3) is 2.96. The van der Waals surface area contributed by atoms with Gasteiger partial charge in [0.15, 0.2) is 0 Å². The predicted molar refractivity (Wildman–Crippen MR) is 102 cm³/mol. The van der Waals surface area contributed by atoms with Crippen LogP contribution < -0.4 is 5.32 Å². The van der Waals surface area contributed by atoms with Gasteiger partial charge < -0.3 is 5.32 Å². The first-order valence-electron chi connectivity index (χ1n) is 8.24. The van der Waals surface area contributed by atoms with Crippen LogP contribution in [0.1, 0.15) is 29.0 Å². The lowest BCUT2D eigenvalue weighted by molar-refractivity contribution is -0.116. The van der Waals surface area contributed by atoms with E-state index in [1.165, 1.54) is 10.5 Å². The lowest BCUT2D eigenvalue weighted by Gasteiger charge is -2.24. The Morgan fingerprint density at radius 1 is 1.12 bits per heavy atom. The molecule has 0 spiro atoms. The van der Waals surface area contributed by atoms with Crippen LogP contribution in [0, 0.1) is 6.92 Å². The van der Waals surface area contributed by atoms with Crippen molar-refractivity contribution < 1.29 is 4.79 Å². The summed E-state index contributed by atoms with van der Waals surface area (Å²) in [4.78, 5) is 13.5. The van der Waals surface area contributed by atoms with E-state index in [0.717, 1.165) is 22.6 Å². The number of thioether (sulfide) groups is 1. The molecule has 0 unspecified atom stereocenters. The van der Waals surface area contributed by atoms with Gasteiger partial charge in [-0.25, -0.2) is 4.68 Å². The van der Waals surface area contributed by atoms with Crippen molar-refractivity contribution in [3.05, 3.63) is 71.4 Å². The van der Waals surface area contributed by atoms with Crippen molar-refractivity contribution in [3.63, 3.8) is 0 Å². The fourth-order valence-electron chi connectivity index (χ4n) is 3.24. The molecule has 2 heterocycles. The van der Waals surface area contributed by atoms with Gasteiger partial charge in [0, 0.05) is 22.8 Å². The van der Waals surface area contributed by atoms with Crippen LogP contribution in [-0.4, -0.2) is 21.9 Å². The van der Waals surface area contributed by atoms with Gasteiger partial charge in [-0.05, 0) is 43.0 Å². The molecular weight excluding hydrogens is 330 g/mol. The largest absolute Gasteiger partial charge is 0.310 e. The van der Waals surface area contributed by atoms with Crippen LogP contribution in [0.2, 0.25) is 0 Å². The Balaban J connectivity index is 1.76. The highest BCUT2D eigenvalue weighted by Crippen LogP contribution is 2.38. The van der Waals surface area contributed by atoms with Crippen molar-refractivity contribution in [3.8, 4) is 5.69 Å².